The number of hydrogen-bond acceptors (Lipinski definition) is 8. The Morgan fingerprint density at radius 1 is 1.00 bits per heavy atom. The van der Waals surface area contributed by atoms with E-state index in [1.165, 1.54) is 0 Å². The van der Waals surface area contributed by atoms with Gasteiger partial charge in [-0.25, -0.2) is 9.97 Å². The van der Waals surface area contributed by atoms with E-state index in [9.17, 15) is 9.59 Å². The van der Waals surface area contributed by atoms with Crippen LogP contribution < -0.4 is 15.1 Å². The Balaban J connectivity index is 1.19. The van der Waals surface area contributed by atoms with E-state index in [2.05, 4.69) is 25.1 Å². The van der Waals surface area contributed by atoms with Gasteiger partial charge < -0.3 is 24.6 Å². The average Bonchev–Trinajstić information content (AvgIpc) is 2.84. The fourth-order valence-corrected chi connectivity index (χ4v) is 3.80. The smallest absolute Gasteiger partial charge is 0.309 e. The molecule has 0 atom stereocenters. The number of carbonyl (C=O) groups excluding carboxylic acids is 2. The summed E-state index contributed by atoms with van der Waals surface area (Å²) in [7, 11) is 0. The standard InChI is InChI=1S/C22H27N5O4/c28-20(25-18-2-4-19(5-3-18)26-12-14-30-15-13-26)16-31-21(29)17-6-10-27(11-7-17)22-23-8-1-9-24-22/h1-5,8-9,17H,6-7,10-16H2,(H,25,28). The zero-order chi connectivity index (χ0) is 21.5. The first kappa shape index (κ1) is 21.0. The molecular weight excluding hydrogens is 398 g/mol. The lowest BCUT2D eigenvalue weighted by molar-refractivity contribution is -0.152. The Morgan fingerprint density at radius 3 is 2.35 bits per heavy atom. The topological polar surface area (TPSA) is 96.9 Å². The first-order valence-electron chi connectivity index (χ1n) is 10.6. The Labute approximate surface area is 181 Å². The second kappa shape index (κ2) is 10.2. The van der Waals surface area contributed by atoms with Crippen LogP contribution in [-0.4, -0.2) is 67.8 Å². The lowest BCUT2D eigenvalue weighted by Gasteiger charge is -2.30. The summed E-state index contributed by atoms with van der Waals surface area (Å²) in [5, 5.41) is 2.77. The molecule has 2 fully saturated rings. The van der Waals surface area contributed by atoms with Gasteiger partial charge in [-0.1, -0.05) is 0 Å². The number of anilines is 3. The van der Waals surface area contributed by atoms with Crippen LogP contribution >= 0.6 is 0 Å². The number of piperidine rings is 1. The maximum absolute atomic E-state index is 12.4. The number of ether oxygens (including phenoxy) is 2. The summed E-state index contributed by atoms with van der Waals surface area (Å²) >= 11 is 0. The van der Waals surface area contributed by atoms with Crippen LogP contribution in [-0.2, 0) is 19.1 Å². The van der Waals surface area contributed by atoms with Crippen LogP contribution in [0.15, 0.2) is 42.7 Å². The zero-order valence-electron chi connectivity index (χ0n) is 17.4. The maximum Gasteiger partial charge on any atom is 0.309 e. The number of nitrogens with zero attached hydrogens (tertiary/aromatic N) is 4. The van der Waals surface area contributed by atoms with Crippen molar-refractivity contribution in [3.05, 3.63) is 42.7 Å². The monoisotopic (exact) mass is 425 g/mol. The summed E-state index contributed by atoms with van der Waals surface area (Å²) in [5.74, 6) is -0.206. The Bertz CT molecular complexity index is 863. The molecule has 2 aliphatic heterocycles. The van der Waals surface area contributed by atoms with Gasteiger partial charge in [-0.15, -0.1) is 0 Å². The largest absolute Gasteiger partial charge is 0.455 e. The predicted molar refractivity (Wildman–Crippen MR) is 116 cm³/mol. The summed E-state index contributed by atoms with van der Waals surface area (Å²) in [6, 6.07) is 9.42. The molecule has 1 N–H and O–H groups in total. The molecule has 2 aliphatic rings. The van der Waals surface area contributed by atoms with Gasteiger partial charge in [-0.3, -0.25) is 9.59 Å². The highest BCUT2D eigenvalue weighted by Crippen LogP contribution is 2.22. The zero-order valence-corrected chi connectivity index (χ0v) is 17.4. The van der Waals surface area contributed by atoms with E-state index in [-0.39, 0.29) is 24.4 Å². The number of morpholine rings is 1. The van der Waals surface area contributed by atoms with Crippen molar-refractivity contribution in [1.29, 1.82) is 0 Å². The molecule has 0 radical (unpaired) electrons. The molecule has 0 spiro atoms. The molecule has 9 nitrogen and oxygen atoms in total. The first-order chi connectivity index (χ1) is 15.2. The van der Waals surface area contributed by atoms with Gasteiger partial charge in [-0.05, 0) is 43.2 Å². The summed E-state index contributed by atoms with van der Waals surface area (Å²) in [5.41, 5.74) is 1.77. The molecule has 0 saturated carbocycles. The van der Waals surface area contributed by atoms with Crippen molar-refractivity contribution >= 4 is 29.2 Å². The van der Waals surface area contributed by atoms with Crippen molar-refractivity contribution in [3.63, 3.8) is 0 Å². The number of rotatable bonds is 6. The highest BCUT2D eigenvalue weighted by Gasteiger charge is 2.27. The number of aromatic nitrogens is 2. The molecule has 0 unspecified atom stereocenters. The second-order valence-electron chi connectivity index (χ2n) is 7.61. The molecular formula is C22H27N5O4. The van der Waals surface area contributed by atoms with Gasteiger partial charge >= 0.3 is 5.97 Å². The quantitative estimate of drug-likeness (QED) is 0.699. The van der Waals surface area contributed by atoms with Crippen LogP contribution in [0.3, 0.4) is 0 Å². The van der Waals surface area contributed by atoms with E-state index < -0.39 is 0 Å². The highest BCUT2D eigenvalue weighted by atomic mass is 16.5. The van der Waals surface area contributed by atoms with E-state index in [1.54, 1.807) is 18.5 Å². The fraction of sp³-hybridized carbons (Fsp3) is 0.455. The summed E-state index contributed by atoms with van der Waals surface area (Å²) in [4.78, 5) is 37.3. The van der Waals surface area contributed by atoms with E-state index in [0.29, 0.717) is 37.6 Å². The van der Waals surface area contributed by atoms with Crippen LogP contribution in [0.4, 0.5) is 17.3 Å². The molecule has 1 aromatic carbocycles. The van der Waals surface area contributed by atoms with Crippen molar-refractivity contribution in [1.82, 2.24) is 9.97 Å². The number of benzene rings is 1. The van der Waals surface area contributed by atoms with E-state index in [1.807, 2.05) is 24.3 Å². The Morgan fingerprint density at radius 2 is 1.68 bits per heavy atom. The van der Waals surface area contributed by atoms with Crippen molar-refractivity contribution in [2.45, 2.75) is 12.8 Å². The van der Waals surface area contributed by atoms with Gasteiger partial charge in [0.15, 0.2) is 6.61 Å². The van der Waals surface area contributed by atoms with Crippen molar-refractivity contribution < 1.29 is 19.1 Å². The molecule has 2 aromatic rings. The minimum atomic E-state index is -0.345. The van der Waals surface area contributed by atoms with Crippen molar-refractivity contribution in [2.24, 2.45) is 5.92 Å². The molecule has 31 heavy (non-hydrogen) atoms. The first-order valence-corrected chi connectivity index (χ1v) is 10.6. The molecule has 4 rings (SSSR count). The van der Waals surface area contributed by atoms with Crippen LogP contribution in [0.5, 0.6) is 0 Å². The van der Waals surface area contributed by atoms with Gasteiger partial charge in [0, 0.05) is 49.9 Å². The summed E-state index contributed by atoms with van der Waals surface area (Å²) < 4.78 is 10.6. The molecule has 2 saturated heterocycles. The third-order valence-corrected chi connectivity index (χ3v) is 5.54. The van der Waals surface area contributed by atoms with Crippen LogP contribution in [0.25, 0.3) is 0 Å². The number of carbonyl (C=O) groups is 2. The molecule has 0 bridgehead atoms. The molecule has 1 amide bonds. The second-order valence-corrected chi connectivity index (χ2v) is 7.61. The average molecular weight is 425 g/mol. The van der Waals surface area contributed by atoms with Crippen LogP contribution in [0.2, 0.25) is 0 Å². The maximum atomic E-state index is 12.4. The normalized spacial score (nSPS) is 17.3. The van der Waals surface area contributed by atoms with Gasteiger partial charge in [-0.2, -0.15) is 0 Å². The fourth-order valence-electron chi connectivity index (χ4n) is 3.80. The predicted octanol–water partition coefficient (Wildman–Crippen LogP) is 1.71. The van der Waals surface area contributed by atoms with E-state index in [4.69, 9.17) is 9.47 Å². The third kappa shape index (κ3) is 5.69. The molecule has 1 aromatic heterocycles. The van der Waals surface area contributed by atoms with Crippen LogP contribution in [0.1, 0.15) is 12.8 Å². The molecule has 3 heterocycles. The minimum Gasteiger partial charge on any atom is -0.455 e. The van der Waals surface area contributed by atoms with Gasteiger partial charge in [0.1, 0.15) is 0 Å². The molecule has 9 heteroatoms. The highest BCUT2D eigenvalue weighted by molar-refractivity contribution is 5.93. The Kier molecular flexibility index (Phi) is 6.93. The number of nitrogens with one attached hydrogen (secondary N) is 1. The van der Waals surface area contributed by atoms with Crippen LogP contribution in [0, 0.1) is 5.92 Å². The number of amides is 1. The van der Waals surface area contributed by atoms with Crippen molar-refractivity contribution in [2.75, 3.05) is 61.1 Å². The third-order valence-electron chi connectivity index (χ3n) is 5.54. The SMILES string of the molecule is O=C(COC(=O)C1CCN(c2ncccn2)CC1)Nc1ccc(N2CCOCC2)cc1. The Hall–Kier alpha value is -3.20. The minimum absolute atomic E-state index is 0.208. The van der Waals surface area contributed by atoms with Crippen molar-refractivity contribution in [3.8, 4) is 0 Å². The van der Waals surface area contributed by atoms with E-state index >= 15 is 0 Å². The number of hydrogen-bond donors (Lipinski definition) is 1. The van der Waals surface area contributed by atoms with Gasteiger partial charge in [0.2, 0.25) is 5.95 Å². The lowest BCUT2D eigenvalue weighted by atomic mass is 9.97. The van der Waals surface area contributed by atoms with Gasteiger partial charge in [0.25, 0.3) is 5.91 Å². The molecule has 164 valence electrons. The summed E-state index contributed by atoms with van der Waals surface area (Å²) in [6.07, 6.45) is 4.72. The van der Waals surface area contributed by atoms with Gasteiger partial charge in [0.05, 0.1) is 19.1 Å². The number of esters is 1. The molecule has 0 aliphatic carbocycles. The van der Waals surface area contributed by atoms with E-state index in [0.717, 1.165) is 32.0 Å². The summed E-state index contributed by atoms with van der Waals surface area (Å²) in [6.45, 7) is 4.26. The lowest BCUT2D eigenvalue weighted by Crippen LogP contribution is -2.38.